The van der Waals surface area contributed by atoms with Gasteiger partial charge in [-0.05, 0) is 137 Å². The van der Waals surface area contributed by atoms with E-state index in [1.165, 1.54) is 86.5 Å². The van der Waals surface area contributed by atoms with E-state index in [4.69, 9.17) is 0 Å². The lowest BCUT2D eigenvalue weighted by molar-refractivity contribution is 0.719. The van der Waals surface area contributed by atoms with E-state index in [0.29, 0.717) is 0 Å². The summed E-state index contributed by atoms with van der Waals surface area (Å²) in [7, 11) is 0. The van der Waals surface area contributed by atoms with Crippen LogP contribution in [0.25, 0.3) is 50.8 Å². The average molecular weight is 674 g/mol. The molecule has 0 unspecified atom stereocenters. The van der Waals surface area contributed by atoms with Crippen molar-refractivity contribution in [2.45, 2.75) is 100 Å². The molecule has 1 aliphatic carbocycles. The number of aromatic nitrogens is 1. The first-order chi connectivity index (χ1) is 25.0. The molecule has 1 heteroatoms. The molecular formula is C50H59N. The minimum absolute atomic E-state index is 0.994. The van der Waals surface area contributed by atoms with E-state index in [2.05, 4.69) is 162 Å². The van der Waals surface area contributed by atoms with Crippen LogP contribution in [0.1, 0.15) is 115 Å². The molecule has 264 valence electrons. The van der Waals surface area contributed by atoms with Crippen LogP contribution in [0.3, 0.4) is 0 Å². The molecule has 0 atom stereocenters. The molecule has 0 spiro atoms. The summed E-state index contributed by atoms with van der Waals surface area (Å²) >= 11 is 0. The molecule has 0 fully saturated rings. The maximum atomic E-state index is 4.30. The lowest BCUT2D eigenvalue weighted by Gasteiger charge is -2.13. The summed E-state index contributed by atoms with van der Waals surface area (Å²) in [5.74, 6) is 0. The van der Waals surface area contributed by atoms with Crippen molar-refractivity contribution in [1.29, 1.82) is 0 Å². The van der Waals surface area contributed by atoms with Crippen LogP contribution in [0.5, 0.6) is 0 Å². The quantitative estimate of drug-likeness (QED) is 0.112. The topological polar surface area (TPSA) is 12.9 Å². The molecular weight excluding hydrogens is 615 g/mol. The highest BCUT2D eigenvalue weighted by Gasteiger charge is 2.11. The zero-order valence-electron chi connectivity index (χ0n) is 32.5. The fraction of sp³-hybridized carbons (Fsp3) is 0.300. The van der Waals surface area contributed by atoms with Gasteiger partial charge in [0.1, 0.15) is 0 Å². The first-order valence-electron chi connectivity index (χ1n) is 19.2. The van der Waals surface area contributed by atoms with E-state index < -0.39 is 0 Å². The van der Waals surface area contributed by atoms with Gasteiger partial charge < -0.3 is 0 Å². The van der Waals surface area contributed by atoms with Crippen molar-refractivity contribution in [1.82, 2.24) is 4.98 Å². The molecule has 0 bridgehead atoms. The minimum Gasteiger partial charge on any atom is -0.264 e. The highest BCUT2D eigenvalue weighted by atomic mass is 14.6. The largest absolute Gasteiger partial charge is 0.264 e. The smallest absolute Gasteiger partial charge is 0.0359 e. The molecule has 1 nitrogen and oxygen atoms in total. The summed E-state index contributed by atoms with van der Waals surface area (Å²) < 4.78 is 0. The van der Waals surface area contributed by atoms with Crippen molar-refractivity contribution >= 4 is 28.5 Å². The van der Waals surface area contributed by atoms with Crippen molar-refractivity contribution in [2.75, 3.05) is 0 Å². The molecule has 1 aliphatic rings. The number of benzene rings is 3. The summed E-state index contributed by atoms with van der Waals surface area (Å²) in [6.45, 7) is 16.9. The Morgan fingerprint density at radius 3 is 2.31 bits per heavy atom. The highest BCUT2D eigenvalue weighted by Crippen LogP contribution is 2.33. The van der Waals surface area contributed by atoms with Gasteiger partial charge in [-0.2, -0.15) is 0 Å². The van der Waals surface area contributed by atoms with Gasteiger partial charge in [0.2, 0.25) is 0 Å². The lowest BCUT2D eigenvalue weighted by Crippen LogP contribution is -1.92. The number of rotatable bonds is 9. The maximum Gasteiger partial charge on any atom is 0.0359 e. The van der Waals surface area contributed by atoms with Crippen LogP contribution in [0.2, 0.25) is 0 Å². The van der Waals surface area contributed by atoms with Crippen LogP contribution < -0.4 is 0 Å². The second-order valence-corrected chi connectivity index (χ2v) is 12.6. The number of unbranched alkanes of at least 4 members (excludes halogenated alkanes) is 2. The highest BCUT2D eigenvalue weighted by molar-refractivity contribution is 5.96. The summed E-state index contributed by atoms with van der Waals surface area (Å²) in [6.07, 6.45) is 27.4. The third-order valence-electron chi connectivity index (χ3n) is 8.58. The Balaban J connectivity index is 0.000000251. The molecule has 6 rings (SSSR count). The van der Waals surface area contributed by atoms with Gasteiger partial charge in [0.15, 0.2) is 0 Å². The number of nitrogens with zero attached hydrogens (tertiary/aromatic N) is 1. The van der Waals surface area contributed by atoms with Crippen molar-refractivity contribution in [3.63, 3.8) is 0 Å². The monoisotopic (exact) mass is 673 g/mol. The van der Waals surface area contributed by atoms with Crippen molar-refractivity contribution < 1.29 is 0 Å². The molecule has 0 N–H and O–H groups in total. The number of pyridine rings is 1. The van der Waals surface area contributed by atoms with Gasteiger partial charge in [0.25, 0.3) is 0 Å². The van der Waals surface area contributed by atoms with E-state index in [-0.39, 0.29) is 0 Å². The van der Waals surface area contributed by atoms with Gasteiger partial charge >= 0.3 is 0 Å². The van der Waals surface area contributed by atoms with Crippen molar-refractivity contribution in [2.24, 2.45) is 0 Å². The Hall–Kier alpha value is -4.93. The first-order valence-corrected chi connectivity index (χ1v) is 19.2. The summed E-state index contributed by atoms with van der Waals surface area (Å²) in [5, 5.41) is 2.57. The normalized spacial score (nSPS) is 11.6. The van der Waals surface area contributed by atoms with Crippen LogP contribution in [-0.2, 0) is 6.42 Å². The van der Waals surface area contributed by atoms with Crippen molar-refractivity contribution in [3.05, 3.63) is 156 Å². The third kappa shape index (κ3) is 11.8. The van der Waals surface area contributed by atoms with Crippen molar-refractivity contribution in [3.8, 4) is 22.3 Å². The Morgan fingerprint density at radius 2 is 1.61 bits per heavy atom. The maximum absolute atomic E-state index is 4.30. The van der Waals surface area contributed by atoms with Crippen LogP contribution in [0.4, 0.5) is 0 Å². The first kappa shape index (κ1) is 40.5. The molecule has 0 aliphatic heterocycles. The number of fused-ring (bicyclic) bond motifs is 3. The standard InChI is InChI=1S/C25H25N.C20H20.C3H8.C2H6/c1-4-6-11-20(5-2)22-15-23(21-12-9-14-26-18-21)17-24(16-22)25-13-8-7-10-19(25)3;1-2-3-5-10-16-15-17-11-6-4-7-12-18(17)20-14-9-8-13-19(16)20;1-3-2;1-2/h4,6-18H,5H2,1-3H3;6-7,9,11-12,14-15H,2-5,10H2,1H3;3H2,1-2H3;1-2H3/b6-4-,20-11+;;;. The molecule has 1 aromatic heterocycles. The Labute approximate surface area is 310 Å². The molecule has 0 amide bonds. The Kier molecular flexibility index (Phi) is 18.0. The fourth-order valence-electron chi connectivity index (χ4n) is 6.10. The van der Waals surface area contributed by atoms with Gasteiger partial charge in [-0.3, -0.25) is 4.98 Å². The number of allylic oxidation sites excluding steroid dienone is 6. The predicted molar refractivity (Wildman–Crippen MR) is 228 cm³/mol. The fourth-order valence-corrected chi connectivity index (χ4v) is 6.10. The van der Waals surface area contributed by atoms with Gasteiger partial charge in [-0.1, -0.05) is 146 Å². The third-order valence-corrected chi connectivity index (χ3v) is 8.58. The minimum atomic E-state index is 0.994. The lowest BCUT2D eigenvalue weighted by atomic mass is 9.91. The molecule has 0 radical (unpaired) electrons. The molecule has 51 heavy (non-hydrogen) atoms. The molecule has 4 aromatic carbocycles. The Bertz CT molecular complexity index is 1880. The van der Waals surface area contributed by atoms with E-state index in [1.807, 2.05) is 38.4 Å². The van der Waals surface area contributed by atoms with E-state index in [1.54, 1.807) is 0 Å². The van der Waals surface area contributed by atoms with Crippen LogP contribution in [0.15, 0.2) is 116 Å². The number of aryl methyl sites for hydroxylation is 2. The predicted octanol–water partition coefficient (Wildman–Crippen LogP) is 15.1. The SMILES string of the molecule is C/C=C\C=C(/CC)c1cc(-c2cccnc2)cc(-c2ccccc2C)c1.CC.CCC.CCCCCc1cc2c(c3ccc#cc13)C=CCC=C2. The van der Waals surface area contributed by atoms with Gasteiger partial charge in [-0.15, -0.1) is 0 Å². The average Bonchev–Trinajstić information content (AvgIpc) is 3.43. The summed E-state index contributed by atoms with van der Waals surface area (Å²) in [6, 6.07) is 32.5. The van der Waals surface area contributed by atoms with E-state index in [0.717, 1.165) is 24.8 Å². The van der Waals surface area contributed by atoms with Crippen LogP contribution in [0, 0.1) is 19.1 Å². The van der Waals surface area contributed by atoms with Gasteiger partial charge in [0.05, 0.1) is 0 Å². The van der Waals surface area contributed by atoms with Gasteiger partial charge in [0, 0.05) is 23.3 Å². The van der Waals surface area contributed by atoms with E-state index in [9.17, 15) is 0 Å². The molecule has 5 aromatic rings. The number of hydrogen-bond acceptors (Lipinski definition) is 1. The molecule has 0 saturated carbocycles. The second kappa shape index (κ2) is 22.7. The van der Waals surface area contributed by atoms with E-state index >= 15 is 0 Å². The number of hydrogen-bond donors (Lipinski definition) is 0. The molecule has 1 heterocycles. The zero-order chi connectivity index (χ0) is 36.8. The summed E-state index contributed by atoms with van der Waals surface area (Å²) in [4.78, 5) is 4.30. The Morgan fingerprint density at radius 1 is 0.843 bits per heavy atom. The second-order valence-electron chi connectivity index (χ2n) is 12.6. The zero-order valence-corrected chi connectivity index (χ0v) is 32.5. The molecule has 0 saturated heterocycles. The van der Waals surface area contributed by atoms with Crippen LogP contribution >= 0.6 is 0 Å². The summed E-state index contributed by atoms with van der Waals surface area (Å²) in [5.41, 5.74) is 12.9. The van der Waals surface area contributed by atoms with Crippen LogP contribution in [-0.4, -0.2) is 4.98 Å². The van der Waals surface area contributed by atoms with Gasteiger partial charge in [-0.25, -0.2) is 0 Å².